The number of amides is 2. The predicted molar refractivity (Wildman–Crippen MR) is 175 cm³/mol. The van der Waals surface area contributed by atoms with E-state index in [1.165, 1.54) is 43.2 Å². The van der Waals surface area contributed by atoms with Crippen LogP contribution in [0.1, 0.15) is 50.2 Å². The van der Waals surface area contributed by atoms with Gasteiger partial charge in [-0.25, -0.2) is 8.42 Å². The Morgan fingerprint density at radius 1 is 1.07 bits per heavy atom. The zero-order valence-corrected chi connectivity index (χ0v) is 27.8. The number of hydrogen-bond donors (Lipinski definition) is 1. The van der Waals surface area contributed by atoms with Crippen LogP contribution in [0.4, 0.5) is 11.4 Å². The topological polar surface area (TPSA) is 139 Å². The Balaban J connectivity index is 1.72. The van der Waals surface area contributed by atoms with Gasteiger partial charge in [0.05, 0.1) is 22.6 Å². The minimum Gasteiger partial charge on any atom is -0.497 e. The lowest BCUT2D eigenvalue weighted by molar-refractivity contribution is -0.385. The van der Waals surface area contributed by atoms with Gasteiger partial charge in [-0.05, 0) is 74.7 Å². The Hall–Kier alpha value is -3.97. The number of nitrogens with zero attached hydrogens (tertiary/aromatic N) is 3. The van der Waals surface area contributed by atoms with Crippen LogP contribution in [0, 0.1) is 17.0 Å². The fourth-order valence-electron chi connectivity index (χ4n) is 5.33. The number of rotatable bonds is 12. The van der Waals surface area contributed by atoms with Crippen LogP contribution in [0.3, 0.4) is 0 Å². The largest absolute Gasteiger partial charge is 0.497 e. The van der Waals surface area contributed by atoms with Gasteiger partial charge in [-0.1, -0.05) is 53.4 Å². The standard InChI is InChI=1S/C32H37BrN4O7S/c1-22-12-17-29(19-30(22)37(40)41)45(42,43)36(27-13-15-28(44-3)16-14-27)21-31(38)35(20-24-8-7-9-25(33)18-24)23(2)32(39)34-26-10-5-4-6-11-26/h7-9,12-19,23,26H,4-6,10-11,20-21H2,1-3H3,(H,34,39)/t23-/m0/s1. The van der Waals surface area contributed by atoms with Gasteiger partial charge >= 0.3 is 0 Å². The zero-order chi connectivity index (χ0) is 32.7. The highest BCUT2D eigenvalue weighted by Gasteiger charge is 2.34. The molecule has 2 amide bonds. The number of halogens is 1. The maximum absolute atomic E-state index is 14.2. The molecule has 0 heterocycles. The van der Waals surface area contributed by atoms with Crippen molar-refractivity contribution in [3.8, 4) is 5.75 Å². The molecule has 45 heavy (non-hydrogen) atoms. The first-order valence-corrected chi connectivity index (χ1v) is 16.9. The van der Waals surface area contributed by atoms with Gasteiger partial charge in [0.2, 0.25) is 11.8 Å². The van der Waals surface area contributed by atoms with Crippen molar-refractivity contribution < 1.29 is 27.7 Å². The average Bonchev–Trinajstić information content (AvgIpc) is 3.02. The number of anilines is 1. The number of carbonyl (C=O) groups is 2. The summed E-state index contributed by atoms with van der Waals surface area (Å²) in [6.07, 6.45) is 4.89. The minimum absolute atomic E-state index is 0.0185. The molecule has 0 saturated heterocycles. The molecule has 0 aliphatic heterocycles. The van der Waals surface area contributed by atoms with Gasteiger partial charge in [0.15, 0.2) is 0 Å². The number of nitrogens with one attached hydrogen (secondary N) is 1. The third kappa shape index (κ3) is 8.40. The van der Waals surface area contributed by atoms with Gasteiger partial charge in [0.25, 0.3) is 15.7 Å². The van der Waals surface area contributed by atoms with Crippen LogP contribution in [-0.4, -0.2) is 55.8 Å². The third-order valence-corrected chi connectivity index (χ3v) is 10.2. The number of nitro groups is 1. The molecule has 11 nitrogen and oxygen atoms in total. The molecule has 240 valence electrons. The Kier molecular flexibility index (Phi) is 11.2. The van der Waals surface area contributed by atoms with Gasteiger partial charge < -0.3 is 15.0 Å². The van der Waals surface area contributed by atoms with E-state index in [9.17, 15) is 28.1 Å². The first kappa shape index (κ1) is 33.9. The van der Waals surface area contributed by atoms with Gasteiger partial charge in [0.1, 0.15) is 18.3 Å². The smallest absolute Gasteiger partial charge is 0.273 e. The van der Waals surface area contributed by atoms with Gasteiger partial charge in [-0.3, -0.25) is 24.0 Å². The number of hydrogen-bond acceptors (Lipinski definition) is 7. The summed E-state index contributed by atoms with van der Waals surface area (Å²) in [6, 6.07) is 16.1. The second kappa shape index (κ2) is 14.9. The van der Waals surface area contributed by atoms with E-state index in [0.29, 0.717) is 11.3 Å². The third-order valence-electron chi connectivity index (χ3n) is 7.97. The molecular weight excluding hydrogens is 664 g/mol. The van der Waals surface area contributed by atoms with Crippen LogP contribution in [-0.2, 0) is 26.2 Å². The highest BCUT2D eigenvalue weighted by molar-refractivity contribution is 9.10. The van der Waals surface area contributed by atoms with E-state index in [1.54, 1.807) is 19.1 Å². The van der Waals surface area contributed by atoms with E-state index in [-0.39, 0.29) is 34.8 Å². The number of benzene rings is 3. The lowest BCUT2D eigenvalue weighted by Gasteiger charge is -2.33. The predicted octanol–water partition coefficient (Wildman–Crippen LogP) is 5.74. The van der Waals surface area contributed by atoms with Crippen molar-refractivity contribution in [3.05, 3.63) is 92.4 Å². The van der Waals surface area contributed by atoms with Crippen molar-refractivity contribution in [2.45, 2.75) is 69.5 Å². The summed E-state index contributed by atoms with van der Waals surface area (Å²) in [5.74, 6) is -0.474. The van der Waals surface area contributed by atoms with Crippen LogP contribution in [0.25, 0.3) is 0 Å². The van der Waals surface area contributed by atoms with Crippen LogP contribution < -0.4 is 14.4 Å². The van der Waals surface area contributed by atoms with E-state index in [2.05, 4.69) is 21.2 Å². The van der Waals surface area contributed by atoms with Crippen molar-refractivity contribution in [1.29, 1.82) is 0 Å². The Morgan fingerprint density at radius 2 is 1.76 bits per heavy atom. The van der Waals surface area contributed by atoms with Crippen molar-refractivity contribution in [2.75, 3.05) is 18.0 Å². The summed E-state index contributed by atoms with van der Waals surface area (Å²) >= 11 is 3.45. The second-order valence-corrected chi connectivity index (χ2v) is 13.9. The van der Waals surface area contributed by atoms with Gasteiger partial charge in [0, 0.05) is 28.7 Å². The minimum atomic E-state index is -4.49. The van der Waals surface area contributed by atoms with Gasteiger partial charge in [-0.15, -0.1) is 0 Å². The Bertz CT molecular complexity index is 1640. The number of ether oxygens (including phenoxy) is 1. The molecule has 1 aliphatic rings. The molecule has 0 unspecified atom stereocenters. The molecule has 1 saturated carbocycles. The van der Waals surface area contributed by atoms with Crippen molar-refractivity contribution >= 4 is 49.1 Å². The van der Waals surface area contributed by atoms with Crippen LogP contribution in [0.15, 0.2) is 76.1 Å². The molecule has 0 spiro atoms. The normalized spacial score (nSPS) is 14.3. The quantitative estimate of drug-likeness (QED) is 0.188. The molecule has 1 atom stereocenters. The monoisotopic (exact) mass is 700 g/mol. The Morgan fingerprint density at radius 3 is 2.38 bits per heavy atom. The summed E-state index contributed by atoms with van der Waals surface area (Å²) in [6.45, 7) is 2.53. The van der Waals surface area contributed by atoms with Crippen LogP contribution in [0.2, 0.25) is 0 Å². The molecule has 1 N–H and O–H groups in total. The second-order valence-electron chi connectivity index (χ2n) is 11.1. The average molecular weight is 702 g/mol. The molecule has 3 aromatic rings. The fourth-order valence-corrected chi connectivity index (χ4v) is 7.22. The molecule has 1 fully saturated rings. The summed E-state index contributed by atoms with van der Waals surface area (Å²) in [5, 5.41) is 14.7. The maximum atomic E-state index is 14.2. The molecule has 0 bridgehead atoms. The fraction of sp³-hybridized carbons (Fsp3) is 0.375. The maximum Gasteiger partial charge on any atom is 0.273 e. The SMILES string of the molecule is COc1ccc(N(CC(=O)N(Cc2cccc(Br)c2)[C@@H](C)C(=O)NC2CCCCC2)S(=O)(=O)c2ccc(C)c([N+](=O)[O-])c2)cc1. The summed E-state index contributed by atoms with van der Waals surface area (Å²) in [5.41, 5.74) is 0.822. The number of methoxy groups -OCH3 is 1. The first-order valence-electron chi connectivity index (χ1n) is 14.7. The van der Waals surface area contributed by atoms with Crippen molar-refractivity contribution in [2.24, 2.45) is 0 Å². The highest BCUT2D eigenvalue weighted by atomic mass is 79.9. The molecule has 0 aromatic heterocycles. The van der Waals surface area contributed by atoms with Crippen LogP contribution >= 0.6 is 15.9 Å². The zero-order valence-electron chi connectivity index (χ0n) is 25.4. The summed E-state index contributed by atoms with van der Waals surface area (Å²) in [7, 11) is -3.02. The van der Waals surface area contributed by atoms with Crippen molar-refractivity contribution in [3.63, 3.8) is 0 Å². The summed E-state index contributed by atoms with van der Waals surface area (Å²) in [4.78, 5) is 39.7. The van der Waals surface area contributed by atoms with Crippen LogP contribution in [0.5, 0.6) is 5.75 Å². The molecule has 13 heteroatoms. The van der Waals surface area contributed by atoms with Crippen molar-refractivity contribution in [1.82, 2.24) is 10.2 Å². The lowest BCUT2D eigenvalue weighted by Crippen LogP contribution is -2.53. The van der Waals surface area contributed by atoms with Gasteiger partial charge in [-0.2, -0.15) is 0 Å². The summed E-state index contributed by atoms with van der Waals surface area (Å²) < 4.78 is 35.1. The number of nitro benzene ring substituents is 1. The number of aryl methyl sites for hydroxylation is 1. The molecule has 4 rings (SSSR count). The highest BCUT2D eigenvalue weighted by Crippen LogP contribution is 2.30. The van der Waals surface area contributed by atoms with E-state index >= 15 is 0 Å². The number of carbonyl (C=O) groups excluding carboxylic acids is 2. The van der Waals surface area contributed by atoms with E-state index < -0.39 is 33.4 Å². The molecular formula is C32H37BrN4O7S. The molecule has 0 radical (unpaired) electrons. The molecule has 3 aromatic carbocycles. The van der Waals surface area contributed by atoms with E-state index in [4.69, 9.17) is 4.74 Å². The first-order chi connectivity index (χ1) is 21.4. The molecule has 1 aliphatic carbocycles. The Labute approximate surface area is 271 Å². The van der Waals surface area contributed by atoms with E-state index in [0.717, 1.165) is 52.5 Å². The lowest BCUT2D eigenvalue weighted by atomic mass is 9.95. The van der Waals surface area contributed by atoms with E-state index in [1.807, 2.05) is 24.3 Å². The number of sulfonamides is 1.